The molecule has 0 radical (unpaired) electrons. The van der Waals surface area contributed by atoms with E-state index in [1.165, 1.54) is 4.31 Å². The highest BCUT2D eigenvalue weighted by molar-refractivity contribution is 7.89. The number of fused-ring (bicyclic) bond motifs is 3. The van der Waals surface area contributed by atoms with Gasteiger partial charge in [-0.3, -0.25) is 14.3 Å². The summed E-state index contributed by atoms with van der Waals surface area (Å²) in [4.78, 5) is 25.6. The number of benzene rings is 1. The minimum Gasteiger partial charge on any atom is -0.493 e. The number of aromatic nitrogens is 4. The van der Waals surface area contributed by atoms with Crippen LogP contribution >= 0.6 is 0 Å². The van der Waals surface area contributed by atoms with E-state index in [0.717, 1.165) is 5.56 Å². The van der Waals surface area contributed by atoms with Crippen LogP contribution in [0.15, 0.2) is 33.8 Å². The van der Waals surface area contributed by atoms with Crippen LogP contribution in [0.4, 0.5) is 0 Å². The molecular weight excluding hydrogens is 526 g/mol. The molecule has 13 nitrogen and oxygen atoms in total. The van der Waals surface area contributed by atoms with Crippen LogP contribution in [0.2, 0.25) is 0 Å². The first-order valence-electron chi connectivity index (χ1n) is 12.7. The fraction of sp³-hybridized carbons (Fsp3) is 0.480. The van der Waals surface area contributed by atoms with Crippen LogP contribution < -0.4 is 15.4 Å². The lowest BCUT2D eigenvalue weighted by Gasteiger charge is -2.21. The molecule has 0 saturated heterocycles. The molecule has 4 rings (SSSR count). The number of carbonyl (C=O) groups is 2. The quantitative estimate of drug-likeness (QED) is 0.474. The lowest BCUT2D eigenvalue weighted by Crippen LogP contribution is -2.45. The summed E-state index contributed by atoms with van der Waals surface area (Å²) in [5.74, 6) is -0.194. The molecule has 3 heterocycles. The highest BCUT2D eigenvalue weighted by atomic mass is 32.2. The zero-order chi connectivity index (χ0) is 28.2. The second kappa shape index (κ2) is 11.9. The number of aryl methyl sites for hydroxylation is 4. The van der Waals surface area contributed by atoms with Crippen molar-refractivity contribution in [2.24, 2.45) is 0 Å². The van der Waals surface area contributed by atoms with Crippen molar-refractivity contribution in [3.8, 4) is 5.75 Å². The number of sulfonamides is 1. The molecule has 0 aliphatic carbocycles. The third-order valence-electron chi connectivity index (χ3n) is 6.29. The standard InChI is InChI=1S/C25H33N7O6S/c1-16-7-8-21-22(13-16)37-12-6-10-31-14-20(28-30-31)15-32(39(35,36)23-17(2)29-38-19(23)4)11-5-9-26-24(33)18(3)27-25(21)34/h7-8,13-14,18H,5-6,9-12,15H2,1-4H3,(H,26,33)(H,27,34)/t18-/m1/s1. The average molecular weight is 560 g/mol. The molecule has 2 N–H and O–H groups in total. The molecule has 210 valence electrons. The largest absolute Gasteiger partial charge is 0.493 e. The minimum atomic E-state index is -3.98. The van der Waals surface area contributed by atoms with Crippen molar-refractivity contribution >= 4 is 21.8 Å². The van der Waals surface area contributed by atoms with Gasteiger partial charge in [-0.1, -0.05) is 16.4 Å². The van der Waals surface area contributed by atoms with Gasteiger partial charge in [0.2, 0.25) is 15.9 Å². The molecule has 0 saturated carbocycles. The Labute approximate surface area is 226 Å². The van der Waals surface area contributed by atoms with E-state index in [2.05, 4.69) is 26.1 Å². The smallest absolute Gasteiger partial charge is 0.255 e. The maximum absolute atomic E-state index is 13.6. The van der Waals surface area contributed by atoms with Crippen molar-refractivity contribution in [1.82, 2.24) is 35.1 Å². The van der Waals surface area contributed by atoms with Gasteiger partial charge in [-0.15, -0.1) is 5.10 Å². The molecule has 1 atom stereocenters. The van der Waals surface area contributed by atoms with Gasteiger partial charge < -0.3 is 19.9 Å². The number of rotatable bonds is 2. The highest BCUT2D eigenvalue weighted by Gasteiger charge is 2.31. The van der Waals surface area contributed by atoms with Gasteiger partial charge in [0, 0.05) is 32.3 Å². The molecule has 14 heteroatoms. The fourth-order valence-electron chi connectivity index (χ4n) is 4.26. The maximum Gasteiger partial charge on any atom is 0.255 e. The van der Waals surface area contributed by atoms with Gasteiger partial charge >= 0.3 is 0 Å². The number of ether oxygens (including phenoxy) is 1. The molecule has 2 bridgehead atoms. The summed E-state index contributed by atoms with van der Waals surface area (Å²) < 4.78 is 41.1. The minimum absolute atomic E-state index is 0.0144. The van der Waals surface area contributed by atoms with Gasteiger partial charge in [0.1, 0.15) is 22.4 Å². The zero-order valence-corrected chi connectivity index (χ0v) is 23.2. The van der Waals surface area contributed by atoms with Crippen LogP contribution in [0.1, 0.15) is 52.8 Å². The predicted molar refractivity (Wildman–Crippen MR) is 139 cm³/mol. The van der Waals surface area contributed by atoms with Gasteiger partial charge in [0.15, 0.2) is 5.76 Å². The zero-order valence-electron chi connectivity index (χ0n) is 22.4. The van der Waals surface area contributed by atoms with E-state index in [9.17, 15) is 18.0 Å². The molecule has 3 aromatic rings. The van der Waals surface area contributed by atoms with Crippen LogP contribution in [-0.4, -0.2) is 70.4 Å². The third-order valence-corrected chi connectivity index (χ3v) is 8.38. The first kappa shape index (κ1) is 28.2. The third kappa shape index (κ3) is 6.63. The highest BCUT2D eigenvalue weighted by Crippen LogP contribution is 2.25. The van der Waals surface area contributed by atoms with Gasteiger partial charge in [-0.2, -0.15) is 4.31 Å². The van der Waals surface area contributed by atoms with Crippen molar-refractivity contribution < 1.29 is 27.3 Å². The van der Waals surface area contributed by atoms with Gasteiger partial charge in [0.05, 0.1) is 24.4 Å². The van der Waals surface area contributed by atoms with E-state index in [0.29, 0.717) is 43.0 Å². The van der Waals surface area contributed by atoms with E-state index in [4.69, 9.17) is 9.26 Å². The SMILES string of the molecule is Cc1ccc2c(c1)OCCCn1cc(nn1)CN(S(=O)(=O)c1c(C)noc1C)CCCNC(=O)[C@@H](C)NC2=O. The van der Waals surface area contributed by atoms with Crippen molar-refractivity contribution in [3.05, 3.63) is 52.7 Å². The Morgan fingerprint density at radius 1 is 1.10 bits per heavy atom. The van der Waals surface area contributed by atoms with Gasteiger partial charge in [-0.05, 0) is 51.8 Å². The Hall–Kier alpha value is -3.78. The van der Waals surface area contributed by atoms with Gasteiger partial charge in [-0.25, -0.2) is 8.42 Å². The van der Waals surface area contributed by atoms with Crippen LogP contribution in [0.3, 0.4) is 0 Å². The first-order chi connectivity index (χ1) is 18.6. The lowest BCUT2D eigenvalue weighted by molar-refractivity contribution is -0.122. The Morgan fingerprint density at radius 2 is 1.90 bits per heavy atom. The van der Waals surface area contributed by atoms with Crippen molar-refractivity contribution in [3.63, 3.8) is 0 Å². The molecule has 0 unspecified atom stereocenters. The van der Waals surface area contributed by atoms with Crippen molar-refractivity contribution in [2.75, 3.05) is 19.7 Å². The van der Waals surface area contributed by atoms with E-state index in [1.54, 1.807) is 49.8 Å². The molecule has 1 aromatic carbocycles. The van der Waals surface area contributed by atoms with Crippen molar-refractivity contribution in [1.29, 1.82) is 0 Å². The molecule has 39 heavy (non-hydrogen) atoms. The van der Waals surface area contributed by atoms with E-state index >= 15 is 0 Å². The van der Waals surface area contributed by atoms with Crippen LogP contribution in [-0.2, 0) is 27.9 Å². The number of amides is 2. The van der Waals surface area contributed by atoms with Crippen LogP contribution in [0.25, 0.3) is 0 Å². The summed E-state index contributed by atoms with van der Waals surface area (Å²) in [7, 11) is -3.98. The Bertz CT molecular complexity index is 1430. The summed E-state index contributed by atoms with van der Waals surface area (Å²) in [5, 5.41) is 17.5. The molecule has 1 aliphatic rings. The number of carbonyl (C=O) groups excluding carboxylic acids is 2. The number of nitrogens with zero attached hydrogens (tertiary/aromatic N) is 5. The summed E-state index contributed by atoms with van der Waals surface area (Å²) >= 11 is 0. The molecule has 1 aliphatic heterocycles. The molecule has 0 fully saturated rings. The topological polar surface area (TPSA) is 162 Å². The van der Waals surface area contributed by atoms with E-state index in [1.807, 2.05) is 6.92 Å². The average Bonchev–Trinajstić information content (AvgIpc) is 3.48. The molecule has 2 aromatic heterocycles. The van der Waals surface area contributed by atoms with Crippen molar-refractivity contribution in [2.45, 2.75) is 64.6 Å². The van der Waals surface area contributed by atoms with Crippen LogP contribution in [0.5, 0.6) is 5.75 Å². The molecule has 2 amide bonds. The maximum atomic E-state index is 13.6. The van der Waals surface area contributed by atoms with E-state index < -0.39 is 22.0 Å². The molecular formula is C25H33N7O6S. The van der Waals surface area contributed by atoms with Crippen LogP contribution in [0, 0.1) is 20.8 Å². The number of hydrogen-bond donors (Lipinski definition) is 2. The Morgan fingerprint density at radius 3 is 2.64 bits per heavy atom. The lowest BCUT2D eigenvalue weighted by atomic mass is 10.1. The number of hydrogen-bond acceptors (Lipinski definition) is 9. The summed E-state index contributed by atoms with van der Waals surface area (Å²) in [5.41, 5.74) is 2.00. The number of nitrogens with one attached hydrogen (secondary N) is 2. The Balaban J connectivity index is 1.58. The monoisotopic (exact) mass is 559 g/mol. The summed E-state index contributed by atoms with van der Waals surface area (Å²) in [6, 6.07) is 4.44. The van der Waals surface area contributed by atoms with Gasteiger partial charge in [0.25, 0.3) is 5.91 Å². The second-order valence-electron chi connectivity index (χ2n) is 9.51. The predicted octanol–water partition coefficient (Wildman–Crippen LogP) is 1.49. The fourth-order valence-corrected chi connectivity index (χ4v) is 6.00. The molecule has 0 spiro atoms. The Kier molecular flexibility index (Phi) is 8.65. The van der Waals surface area contributed by atoms with E-state index in [-0.39, 0.29) is 41.9 Å². The summed E-state index contributed by atoms with van der Waals surface area (Å²) in [6.07, 6.45) is 2.58. The normalized spacial score (nSPS) is 18.6. The first-order valence-corrected chi connectivity index (χ1v) is 14.1. The second-order valence-corrected chi connectivity index (χ2v) is 11.4. The summed E-state index contributed by atoms with van der Waals surface area (Å²) in [6.45, 7) is 7.66.